The first-order valence-electron chi connectivity index (χ1n) is 5.49. The molecular weight excluding hydrogens is 180 g/mol. The first-order chi connectivity index (χ1) is 6.81. The Morgan fingerprint density at radius 1 is 1.43 bits per heavy atom. The van der Waals surface area contributed by atoms with Gasteiger partial charge in [0.1, 0.15) is 0 Å². The molecule has 0 bridgehead atoms. The lowest BCUT2D eigenvalue weighted by molar-refractivity contribution is -0.142. The summed E-state index contributed by atoms with van der Waals surface area (Å²) in [5.74, 6) is 1.05. The van der Waals surface area contributed by atoms with E-state index in [0.717, 1.165) is 13.0 Å². The van der Waals surface area contributed by atoms with E-state index in [0.29, 0.717) is 24.4 Å². The molecule has 3 nitrogen and oxygen atoms in total. The van der Waals surface area contributed by atoms with Gasteiger partial charge in [0.15, 0.2) is 0 Å². The van der Waals surface area contributed by atoms with E-state index in [9.17, 15) is 4.79 Å². The van der Waals surface area contributed by atoms with E-state index in [2.05, 4.69) is 0 Å². The molecule has 0 aromatic heterocycles. The van der Waals surface area contributed by atoms with Gasteiger partial charge in [-0.2, -0.15) is 0 Å². The third-order valence-electron chi connectivity index (χ3n) is 3.59. The number of carbonyl (C=O) groups excluding carboxylic acids is 1. The van der Waals surface area contributed by atoms with Crippen LogP contribution in [-0.2, 0) is 14.3 Å². The predicted octanol–water partition coefficient (Wildman–Crippen LogP) is 1.75. The summed E-state index contributed by atoms with van der Waals surface area (Å²) in [6.45, 7) is 0.882. The maximum absolute atomic E-state index is 11.2. The van der Waals surface area contributed by atoms with E-state index in [4.69, 9.17) is 9.47 Å². The second-order valence-electron chi connectivity index (χ2n) is 4.33. The molecule has 1 heterocycles. The van der Waals surface area contributed by atoms with Gasteiger partial charge in [0.05, 0.1) is 13.2 Å². The monoisotopic (exact) mass is 198 g/mol. The zero-order valence-electron chi connectivity index (χ0n) is 8.70. The SMILES string of the molecule is COC(=O)C[C@@H]1CCC[C@H]2OCC[C@@H]12. The molecular formula is C11H18O3. The normalized spacial score (nSPS) is 36.5. The quantitative estimate of drug-likeness (QED) is 0.634. The van der Waals surface area contributed by atoms with Crippen molar-refractivity contribution in [3.05, 3.63) is 0 Å². The van der Waals surface area contributed by atoms with Crippen LogP contribution < -0.4 is 0 Å². The van der Waals surface area contributed by atoms with E-state index >= 15 is 0 Å². The van der Waals surface area contributed by atoms with Gasteiger partial charge >= 0.3 is 5.97 Å². The number of rotatable bonds is 2. The van der Waals surface area contributed by atoms with Gasteiger partial charge in [-0.25, -0.2) is 0 Å². The fourth-order valence-electron chi connectivity index (χ4n) is 2.85. The molecule has 3 heteroatoms. The zero-order valence-corrected chi connectivity index (χ0v) is 8.70. The third kappa shape index (κ3) is 1.92. The summed E-state index contributed by atoms with van der Waals surface area (Å²) in [7, 11) is 1.47. The van der Waals surface area contributed by atoms with E-state index in [-0.39, 0.29) is 5.97 Å². The molecule has 2 rings (SSSR count). The number of hydrogen-bond donors (Lipinski definition) is 0. The van der Waals surface area contributed by atoms with Crippen molar-refractivity contribution in [1.82, 2.24) is 0 Å². The van der Waals surface area contributed by atoms with Crippen LogP contribution in [0.2, 0.25) is 0 Å². The van der Waals surface area contributed by atoms with Crippen LogP contribution in [0.5, 0.6) is 0 Å². The van der Waals surface area contributed by atoms with Crippen LogP contribution in [0.4, 0.5) is 0 Å². The van der Waals surface area contributed by atoms with Crippen molar-refractivity contribution in [2.45, 2.75) is 38.2 Å². The second-order valence-corrected chi connectivity index (χ2v) is 4.33. The minimum absolute atomic E-state index is 0.0671. The lowest BCUT2D eigenvalue weighted by Crippen LogP contribution is -2.30. The van der Waals surface area contributed by atoms with Gasteiger partial charge in [-0.1, -0.05) is 6.42 Å². The van der Waals surface area contributed by atoms with Crippen LogP contribution in [0.1, 0.15) is 32.1 Å². The van der Waals surface area contributed by atoms with Crippen LogP contribution in [-0.4, -0.2) is 25.8 Å². The van der Waals surface area contributed by atoms with Crippen molar-refractivity contribution in [1.29, 1.82) is 0 Å². The van der Waals surface area contributed by atoms with Gasteiger partial charge in [-0.05, 0) is 31.1 Å². The highest BCUT2D eigenvalue weighted by Gasteiger charge is 2.38. The number of carbonyl (C=O) groups is 1. The lowest BCUT2D eigenvalue weighted by atomic mass is 9.75. The minimum atomic E-state index is -0.0671. The van der Waals surface area contributed by atoms with Crippen molar-refractivity contribution in [3.8, 4) is 0 Å². The van der Waals surface area contributed by atoms with Crippen LogP contribution >= 0.6 is 0 Å². The summed E-state index contributed by atoms with van der Waals surface area (Å²) < 4.78 is 10.4. The smallest absolute Gasteiger partial charge is 0.305 e. The molecule has 2 fully saturated rings. The maximum atomic E-state index is 11.2. The van der Waals surface area contributed by atoms with Crippen LogP contribution in [0.15, 0.2) is 0 Å². The molecule has 0 unspecified atom stereocenters. The van der Waals surface area contributed by atoms with Gasteiger partial charge in [0, 0.05) is 13.0 Å². The molecule has 1 aliphatic heterocycles. The summed E-state index contributed by atoms with van der Waals surface area (Å²) >= 11 is 0. The zero-order chi connectivity index (χ0) is 9.97. The summed E-state index contributed by atoms with van der Waals surface area (Å²) in [5.41, 5.74) is 0. The Morgan fingerprint density at radius 2 is 2.29 bits per heavy atom. The molecule has 0 aromatic rings. The molecule has 14 heavy (non-hydrogen) atoms. The Bertz CT molecular complexity index is 215. The molecule has 80 valence electrons. The van der Waals surface area contributed by atoms with Crippen LogP contribution in [0.3, 0.4) is 0 Å². The summed E-state index contributed by atoms with van der Waals surface area (Å²) in [6.07, 6.45) is 5.69. The van der Waals surface area contributed by atoms with Crippen molar-refractivity contribution in [2.75, 3.05) is 13.7 Å². The summed E-state index contributed by atoms with van der Waals surface area (Å²) in [5, 5.41) is 0. The highest BCUT2D eigenvalue weighted by molar-refractivity contribution is 5.69. The Balaban J connectivity index is 1.93. The van der Waals surface area contributed by atoms with Crippen LogP contribution in [0, 0.1) is 11.8 Å². The largest absolute Gasteiger partial charge is 0.469 e. The molecule has 2 aliphatic rings. The molecule has 1 saturated carbocycles. The first kappa shape index (κ1) is 9.97. The van der Waals surface area contributed by atoms with Crippen LogP contribution in [0.25, 0.3) is 0 Å². The fraction of sp³-hybridized carbons (Fsp3) is 0.909. The first-order valence-corrected chi connectivity index (χ1v) is 5.49. The second kappa shape index (κ2) is 4.30. The number of fused-ring (bicyclic) bond motifs is 1. The summed E-state index contributed by atoms with van der Waals surface area (Å²) in [4.78, 5) is 11.2. The van der Waals surface area contributed by atoms with E-state index in [1.54, 1.807) is 0 Å². The Hall–Kier alpha value is -0.570. The predicted molar refractivity (Wildman–Crippen MR) is 51.8 cm³/mol. The molecule has 1 saturated heterocycles. The molecule has 0 aromatic carbocycles. The number of ether oxygens (including phenoxy) is 2. The average Bonchev–Trinajstić information content (AvgIpc) is 2.66. The third-order valence-corrected chi connectivity index (χ3v) is 3.59. The van der Waals surface area contributed by atoms with Crippen molar-refractivity contribution >= 4 is 5.97 Å². The van der Waals surface area contributed by atoms with Crippen molar-refractivity contribution < 1.29 is 14.3 Å². The lowest BCUT2D eigenvalue weighted by Gasteiger charge is -2.31. The van der Waals surface area contributed by atoms with Gasteiger partial charge in [0.25, 0.3) is 0 Å². The van der Waals surface area contributed by atoms with E-state index in [1.165, 1.54) is 26.4 Å². The molecule has 3 atom stereocenters. The number of hydrogen-bond acceptors (Lipinski definition) is 3. The van der Waals surface area contributed by atoms with E-state index in [1.807, 2.05) is 0 Å². The molecule has 0 radical (unpaired) electrons. The number of methoxy groups -OCH3 is 1. The minimum Gasteiger partial charge on any atom is -0.469 e. The Morgan fingerprint density at radius 3 is 3.07 bits per heavy atom. The Labute approximate surface area is 84.8 Å². The highest BCUT2D eigenvalue weighted by Crippen LogP contribution is 2.40. The van der Waals surface area contributed by atoms with Gasteiger partial charge in [-0.15, -0.1) is 0 Å². The molecule has 0 amide bonds. The van der Waals surface area contributed by atoms with Gasteiger partial charge in [0.2, 0.25) is 0 Å². The standard InChI is InChI=1S/C11H18O3/c1-13-11(12)7-8-3-2-4-10-9(8)5-6-14-10/h8-10H,2-7H2,1H3/t8-,9-,10+/m0/s1. The average molecular weight is 198 g/mol. The molecule has 0 N–H and O–H groups in total. The van der Waals surface area contributed by atoms with Gasteiger partial charge in [-0.3, -0.25) is 4.79 Å². The molecule has 1 aliphatic carbocycles. The van der Waals surface area contributed by atoms with Crippen molar-refractivity contribution in [3.63, 3.8) is 0 Å². The van der Waals surface area contributed by atoms with E-state index < -0.39 is 0 Å². The topological polar surface area (TPSA) is 35.5 Å². The number of esters is 1. The highest BCUT2D eigenvalue weighted by atomic mass is 16.5. The molecule has 0 spiro atoms. The maximum Gasteiger partial charge on any atom is 0.305 e. The fourth-order valence-corrected chi connectivity index (χ4v) is 2.85. The summed E-state index contributed by atoms with van der Waals surface area (Å²) in [6, 6.07) is 0. The Kier molecular flexibility index (Phi) is 3.06. The van der Waals surface area contributed by atoms with Gasteiger partial charge < -0.3 is 9.47 Å². The van der Waals surface area contributed by atoms with Crippen molar-refractivity contribution in [2.24, 2.45) is 11.8 Å².